The second kappa shape index (κ2) is 6.52. The van der Waals surface area contributed by atoms with Crippen molar-refractivity contribution in [2.75, 3.05) is 12.8 Å². The van der Waals surface area contributed by atoms with E-state index in [9.17, 15) is 4.21 Å². The van der Waals surface area contributed by atoms with E-state index >= 15 is 0 Å². The zero-order valence-electron chi connectivity index (χ0n) is 11.8. The Bertz CT molecular complexity index is 752. The molecule has 2 nitrogen and oxygen atoms in total. The van der Waals surface area contributed by atoms with Gasteiger partial charge in [-0.1, -0.05) is 42.5 Å². The van der Waals surface area contributed by atoms with Gasteiger partial charge in [-0.05, 0) is 40.9 Å². The number of rotatable bonds is 5. The van der Waals surface area contributed by atoms with E-state index in [2.05, 4.69) is 35.6 Å². The standard InChI is InChI=1S/C17H17NOS2/c1-18-16(12-21(19)17-7-4-10-20-17)15-9-8-13-5-2-3-6-14(13)11-15/h2-11,16,18H,12H2,1H3. The quantitative estimate of drug-likeness (QED) is 0.772. The highest BCUT2D eigenvalue weighted by Gasteiger charge is 2.15. The maximum Gasteiger partial charge on any atom is 0.0911 e. The van der Waals surface area contributed by atoms with Crippen LogP contribution in [0.5, 0.6) is 0 Å². The van der Waals surface area contributed by atoms with Gasteiger partial charge in [-0.2, -0.15) is 0 Å². The second-order valence-corrected chi connectivity index (χ2v) is 7.56. The second-order valence-electron chi connectivity index (χ2n) is 4.89. The van der Waals surface area contributed by atoms with Crippen molar-refractivity contribution in [1.29, 1.82) is 0 Å². The van der Waals surface area contributed by atoms with Crippen LogP contribution in [0.1, 0.15) is 11.6 Å². The van der Waals surface area contributed by atoms with Crippen LogP contribution < -0.4 is 5.32 Å². The average molecular weight is 315 g/mol. The van der Waals surface area contributed by atoms with Crippen molar-refractivity contribution < 1.29 is 4.21 Å². The molecule has 0 aliphatic heterocycles. The number of fused-ring (bicyclic) bond motifs is 1. The molecule has 0 aliphatic carbocycles. The van der Waals surface area contributed by atoms with E-state index in [-0.39, 0.29) is 6.04 Å². The van der Waals surface area contributed by atoms with Gasteiger partial charge in [0.15, 0.2) is 0 Å². The fourth-order valence-electron chi connectivity index (χ4n) is 2.40. The Morgan fingerprint density at radius 1 is 1.10 bits per heavy atom. The topological polar surface area (TPSA) is 29.1 Å². The monoisotopic (exact) mass is 315 g/mol. The molecular formula is C17H17NOS2. The van der Waals surface area contributed by atoms with Crippen molar-refractivity contribution in [2.24, 2.45) is 0 Å². The Morgan fingerprint density at radius 2 is 1.90 bits per heavy atom. The van der Waals surface area contributed by atoms with Crippen LogP contribution in [-0.4, -0.2) is 17.0 Å². The molecule has 0 bridgehead atoms. The highest BCUT2D eigenvalue weighted by molar-refractivity contribution is 7.87. The summed E-state index contributed by atoms with van der Waals surface area (Å²) in [6.07, 6.45) is 0. The van der Waals surface area contributed by atoms with Crippen molar-refractivity contribution in [3.63, 3.8) is 0 Å². The normalized spacial score (nSPS) is 14.1. The summed E-state index contributed by atoms with van der Waals surface area (Å²) < 4.78 is 13.3. The number of thiophene rings is 1. The molecule has 1 heterocycles. The number of nitrogens with one attached hydrogen (secondary N) is 1. The van der Waals surface area contributed by atoms with E-state index in [4.69, 9.17) is 0 Å². The van der Waals surface area contributed by atoms with Crippen LogP contribution in [-0.2, 0) is 10.8 Å². The van der Waals surface area contributed by atoms with Gasteiger partial charge < -0.3 is 5.32 Å². The van der Waals surface area contributed by atoms with E-state index in [1.807, 2.05) is 36.7 Å². The molecule has 0 spiro atoms. The lowest BCUT2D eigenvalue weighted by atomic mass is 10.0. The lowest BCUT2D eigenvalue weighted by Gasteiger charge is -2.16. The van der Waals surface area contributed by atoms with Crippen LogP contribution in [0, 0.1) is 0 Å². The molecule has 1 aromatic heterocycles. The Hall–Kier alpha value is -1.49. The Morgan fingerprint density at radius 3 is 2.62 bits per heavy atom. The molecule has 2 aromatic carbocycles. The molecule has 4 heteroatoms. The zero-order chi connectivity index (χ0) is 14.7. The van der Waals surface area contributed by atoms with Gasteiger partial charge in [0.2, 0.25) is 0 Å². The van der Waals surface area contributed by atoms with Crippen LogP contribution in [0.15, 0.2) is 64.2 Å². The maximum atomic E-state index is 12.4. The third kappa shape index (κ3) is 3.23. The number of hydrogen-bond donors (Lipinski definition) is 1. The molecule has 0 saturated carbocycles. The average Bonchev–Trinajstić information content (AvgIpc) is 3.06. The minimum atomic E-state index is -0.960. The first-order valence-electron chi connectivity index (χ1n) is 6.86. The van der Waals surface area contributed by atoms with Gasteiger partial charge in [-0.3, -0.25) is 4.21 Å². The Labute approximate surface area is 131 Å². The SMILES string of the molecule is CNC(CS(=O)c1cccs1)c1ccc2ccccc2c1. The molecule has 3 aromatic rings. The summed E-state index contributed by atoms with van der Waals surface area (Å²) in [5.74, 6) is 0.593. The molecule has 0 fully saturated rings. The van der Waals surface area contributed by atoms with Gasteiger partial charge in [0.25, 0.3) is 0 Å². The van der Waals surface area contributed by atoms with Crippen LogP contribution >= 0.6 is 11.3 Å². The Balaban J connectivity index is 1.86. The van der Waals surface area contributed by atoms with E-state index in [0.717, 1.165) is 4.21 Å². The first-order valence-corrected chi connectivity index (χ1v) is 9.05. The van der Waals surface area contributed by atoms with Crippen LogP contribution in [0.2, 0.25) is 0 Å². The predicted octanol–water partition coefficient (Wildman–Crippen LogP) is 3.97. The minimum absolute atomic E-state index is 0.0949. The van der Waals surface area contributed by atoms with E-state index < -0.39 is 10.8 Å². The molecular weight excluding hydrogens is 298 g/mol. The highest BCUT2D eigenvalue weighted by atomic mass is 32.2. The van der Waals surface area contributed by atoms with Gasteiger partial charge in [0.05, 0.1) is 15.0 Å². The van der Waals surface area contributed by atoms with Crippen molar-refractivity contribution in [1.82, 2.24) is 5.32 Å². The molecule has 108 valence electrons. The lowest BCUT2D eigenvalue weighted by Crippen LogP contribution is -2.22. The van der Waals surface area contributed by atoms with Crippen molar-refractivity contribution in [2.45, 2.75) is 10.3 Å². The van der Waals surface area contributed by atoms with Gasteiger partial charge in [-0.15, -0.1) is 11.3 Å². The predicted molar refractivity (Wildman–Crippen MR) is 91.3 cm³/mol. The van der Waals surface area contributed by atoms with Gasteiger partial charge in [0.1, 0.15) is 0 Å². The first-order chi connectivity index (χ1) is 10.3. The van der Waals surface area contributed by atoms with Gasteiger partial charge >= 0.3 is 0 Å². The Kier molecular flexibility index (Phi) is 4.48. The van der Waals surface area contributed by atoms with E-state index in [1.165, 1.54) is 16.3 Å². The molecule has 0 amide bonds. The summed E-state index contributed by atoms with van der Waals surface area (Å²) in [5.41, 5.74) is 1.18. The van der Waals surface area contributed by atoms with Crippen molar-refractivity contribution >= 4 is 32.9 Å². The number of hydrogen-bond acceptors (Lipinski definition) is 3. The molecule has 1 N–H and O–H groups in total. The van der Waals surface area contributed by atoms with E-state index in [0.29, 0.717) is 5.75 Å². The van der Waals surface area contributed by atoms with E-state index in [1.54, 1.807) is 11.3 Å². The molecule has 2 atom stereocenters. The minimum Gasteiger partial charge on any atom is -0.312 e. The number of benzene rings is 2. The van der Waals surface area contributed by atoms with Crippen molar-refractivity contribution in [3.05, 3.63) is 65.5 Å². The first kappa shape index (κ1) is 14.4. The smallest absolute Gasteiger partial charge is 0.0911 e. The third-order valence-corrected chi connectivity index (χ3v) is 6.29. The maximum absolute atomic E-state index is 12.4. The molecule has 0 aliphatic rings. The fraction of sp³-hybridized carbons (Fsp3) is 0.176. The lowest BCUT2D eigenvalue weighted by molar-refractivity contribution is 0.637. The van der Waals surface area contributed by atoms with Gasteiger partial charge in [-0.25, -0.2) is 0 Å². The highest BCUT2D eigenvalue weighted by Crippen LogP contribution is 2.23. The third-order valence-electron chi connectivity index (χ3n) is 3.56. The van der Waals surface area contributed by atoms with Crippen LogP contribution in [0.4, 0.5) is 0 Å². The summed E-state index contributed by atoms with van der Waals surface area (Å²) in [6.45, 7) is 0. The molecule has 3 rings (SSSR count). The summed E-state index contributed by atoms with van der Waals surface area (Å²) in [6, 6.07) is 18.7. The van der Waals surface area contributed by atoms with Crippen molar-refractivity contribution in [3.8, 4) is 0 Å². The van der Waals surface area contributed by atoms with Crippen LogP contribution in [0.25, 0.3) is 10.8 Å². The molecule has 2 unspecified atom stereocenters. The molecule has 0 radical (unpaired) electrons. The van der Waals surface area contributed by atoms with Crippen LogP contribution in [0.3, 0.4) is 0 Å². The fourth-order valence-corrected chi connectivity index (χ4v) is 4.70. The summed E-state index contributed by atoms with van der Waals surface area (Å²) >= 11 is 1.55. The summed E-state index contributed by atoms with van der Waals surface area (Å²) in [5, 5.41) is 7.71. The zero-order valence-corrected chi connectivity index (χ0v) is 13.4. The molecule has 21 heavy (non-hydrogen) atoms. The van der Waals surface area contributed by atoms with Gasteiger partial charge in [0, 0.05) is 11.8 Å². The summed E-state index contributed by atoms with van der Waals surface area (Å²) in [4.78, 5) is 0. The largest absolute Gasteiger partial charge is 0.312 e. The summed E-state index contributed by atoms with van der Waals surface area (Å²) in [7, 11) is 0.962. The molecule has 0 saturated heterocycles.